The van der Waals surface area contributed by atoms with Crippen LogP contribution in [0.2, 0.25) is 0 Å². The Morgan fingerprint density at radius 3 is 2.77 bits per heavy atom. The standard InChI is InChI=1S/C7H12N2O3S/c1-4(10)12-6-3-13-2-5(6)9-7(8)11/h5-6H,2-3H2,1H3,(H3,8,9,11). The minimum atomic E-state index is -0.579. The number of ether oxygens (including phenoxy) is 1. The van der Waals surface area contributed by atoms with Gasteiger partial charge in [-0.25, -0.2) is 4.79 Å². The summed E-state index contributed by atoms with van der Waals surface area (Å²) in [5.74, 6) is 1.12. The lowest BCUT2D eigenvalue weighted by molar-refractivity contribution is -0.145. The molecule has 0 aliphatic carbocycles. The number of amides is 2. The summed E-state index contributed by atoms with van der Waals surface area (Å²) in [5.41, 5.74) is 4.97. The number of nitrogens with two attached hydrogens (primary N) is 1. The van der Waals surface area contributed by atoms with E-state index in [9.17, 15) is 9.59 Å². The second-order valence-electron chi connectivity index (χ2n) is 2.80. The topological polar surface area (TPSA) is 81.4 Å². The van der Waals surface area contributed by atoms with Gasteiger partial charge in [0.1, 0.15) is 6.10 Å². The van der Waals surface area contributed by atoms with E-state index in [4.69, 9.17) is 10.5 Å². The Labute approximate surface area is 80.4 Å². The van der Waals surface area contributed by atoms with Gasteiger partial charge in [0, 0.05) is 18.4 Å². The molecule has 0 spiro atoms. The maximum absolute atomic E-state index is 10.7. The highest BCUT2D eigenvalue weighted by Gasteiger charge is 2.30. The van der Waals surface area contributed by atoms with E-state index >= 15 is 0 Å². The summed E-state index contributed by atoms with van der Waals surface area (Å²) in [4.78, 5) is 21.2. The first-order valence-electron chi connectivity index (χ1n) is 3.90. The van der Waals surface area contributed by atoms with Gasteiger partial charge in [-0.15, -0.1) is 0 Å². The molecular formula is C7H12N2O3S. The average molecular weight is 204 g/mol. The molecule has 1 heterocycles. The van der Waals surface area contributed by atoms with Gasteiger partial charge in [-0.1, -0.05) is 0 Å². The van der Waals surface area contributed by atoms with Crippen molar-refractivity contribution in [2.75, 3.05) is 11.5 Å². The smallest absolute Gasteiger partial charge is 0.312 e. The molecule has 0 aromatic heterocycles. The van der Waals surface area contributed by atoms with Gasteiger partial charge in [0.15, 0.2) is 0 Å². The molecule has 5 nitrogen and oxygen atoms in total. The molecule has 0 saturated carbocycles. The summed E-state index contributed by atoms with van der Waals surface area (Å²) in [6.45, 7) is 1.35. The largest absolute Gasteiger partial charge is 0.459 e. The number of primary amides is 1. The maximum Gasteiger partial charge on any atom is 0.312 e. The van der Waals surface area contributed by atoms with Crippen molar-refractivity contribution < 1.29 is 14.3 Å². The number of rotatable bonds is 2. The number of hydrogen-bond acceptors (Lipinski definition) is 4. The lowest BCUT2D eigenvalue weighted by Gasteiger charge is -2.18. The van der Waals surface area contributed by atoms with Crippen molar-refractivity contribution in [1.29, 1.82) is 0 Å². The highest BCUT2D eigenvalue weighted by atomic mass is 32.2. The van der Waals surface area contributed by atoms with E-state index in [1.54, 1.807) is 11.8 Å². The van der Waals surface area contributed by atoms with Crippen molar-refractivity contribution in [1.82, 2.24) is 5.32 Å². The van der Waals surface area contributed by atoms with Crippen molar-refractivity contribution in [2.45, 2.75) is 19.1 Å². The molecule has 1 rings (SSSR count). The van der Waals surface area contributed by atoms with Crippen molar-refractivity contribution in [3.05, 3.63) is 0 Å². The Kier molecular flexibility index (Phi) is 3.41. The van der Waals surface area contributed by atoms with Gasteiger partial charge >= 0.3 is 12.0 Å². The number of hydrogen-bond donors (Lipinski definition) is 2. The summed E-state index contributed by atoms with van der Waals surface area (Å²) >= 11 is 1.63. The Morgan fingerprint density at radius 1 is 1.54 bits per heavy atom. The minimum absolute atomic E-state index is 0.147. The lowest BCUT2D eigenvalue weighted by atomic mass is 10.2. The molecular weight excluding hydrogens is 192 g/mol. The highest BCUT2D eigenvalue weighted by Crippen LogP contribution is 2.20. The summed E-state index contributed by atoms with van der Waals surface area (Å²) in [6.07, 6.45) is -0.241. The van der Waals surface area contributed by atoms with Gasteiger partial charge in [-0.3, -0.25) is 4.79 Å². The monoisotopic (exact) mass is 204 g/mol. The van der Waals surface area contributed by atoms with Crippen molar-refractivity contribution in [3.8, 4) is 0 Å². The quantitative estimate of drug-likeness (QED) is 0.605. The second kappa shape index (κ2) is 4.36. The number of carbonyl (C=O) groups is 2. The van der Waals surface area contributed by atoms with Gasteiger partial charge in [-0.2, -0.15) is 11.8 Å². The number of nitrogens with one attached hydrogen (secondary N) is 1. The van der Waals surface area contributed by atoms with E-state index in [2.05, 4.69) is 5.32 Å². The van der Waals surface area contributed by atoms with Crippen LogP contribution in [-0.4, -0.2) is 35.7 Å². The minimum Gasteiger partial charge on any atom is -0.459 e. The summed E-state index contributed by atoms with van der Waals surface area (Å²) in [5, 5.41) is 2.54. The van der Waals surface area contributed by atoms with Crippen LogP contribution in [0, 0.1) is 0 Å². The molecule has 1 aliphatic heterocycles. The first-order chi connectivity index (χ1) is 6.09. The molecule has 13 heavy (non-hydrogen) atoms. The Hall–Kier alpha value is -0.910. The van der Waals surface area contributed by atoms with Crippen LogP contribution in [0.5, 0.6) is 0 Å². The molecule has 1 saturated heterocycles. The molecule has 0 aromatic rings. The van der Waals surface area contributed by atoms with Crippen LogP contribution in [0.4, 0.5) is 4.79 Å². The zero-order valence-electron chi connectivity index (χ0n) is 7.28. The van der Waals surface area contributed by atoms with Crippen LogP contribution in [0.3, 0.4) is 0 Å². The number of esters is 1. The van der Waals surface area contributed by atoms with Gasteiger partial charge in [-0.05, 0) is 0 Å². The zero-order chi connectivity index (χ0) is 9.84. The normalized spacial score (nSPS) is 26.8. The molecule has 2 amide bonds. The zero-order valence-corrected chi connectivity index (χ0v) is 8.10. The summed E-state index contributed by atoms with van der Waals surface area (Å²) in [6, 6.07) is -0.726. The Balaban J connectivity index is 2.43. The van der Waals surface area contributed by atoms with Crippen molar-refractivity contribution in [2.24, 2.45) is 5.73 Å². The maximum atomic E-state index is 10.7. The van der Waals surface area contributed by atoms with E-state index in [0.29, 0.717) is 5.75 Å². The van der Waals surface area contributed by atoms with Gasteiger partial charge in [0.2, 0.25) is 0 Å². The number of urea groups is 1. The van der Waals surface area contributed by atoms with E-state index in [1.807, 2.05) is 0 Å². The summed E-state index contributed by atoms with van der Waals surface area (Å²) < 4.78 is 4.99. The van der Waals surface area contributed by atoms with Gasteiger partial charge in [0.05, 0.1) is 6.04 Å². The van der Waals surface area contributed by atoms with Crippen LogP contribution in [0.15, 0.2) is 0 Å². The highest BCUT2D eigenvalue weighted by molar-refractivity contribution is 7.99. The van der Waals surface area contributed by atoms with E-state index < -0.39 is 6.03 Å². The lowest BCUT2D eigenvalue weighted by Crippen LogP contribution is -2.46. The van der Waals surface area contributed by atoms with Gasteiger partial charge in [0.25, 0.3) is 0 Å². The fraction of sp³-hybridized carbons (Fsp3) is 0.714. The molecule has 0 radical (unpaired) electrons. The number of thioether (sulfide) groups is 1. The van der Waals surface area contributed by atoms with Crippen molar-refractivity contribution >= 4 is 23.8 Å². The van der Waals surface area contributed by atoms with Gasteiger partial charge < -0.3 is 15.8 Å². The van der Waals surface area contributed by atoms with Crippen LogP contribution >= 0.6 is 11.8 Å². The first kappa shape index (κ1) is 10.2. The predicted octanol–water partition coefficient (Wildman–Crippen LogP) is -0.298. The molecule has 2 atom stereocenters. The third kappa shape index (κ3) is 3.14. The SMILES string of the molecule is CC(=O)OC1CSCC1NC(N)=O. The summed E-state index contributed by atoms with van der Waals surface area (Å²) in [7, 11) is 0. The molecule has 6 heteroatoms. The van der Waals surface area contributed by atoms with Crippen molar-refractivity contribution in [3.63, 3.8) is 0 Å². The Morgan fingerprint density at radius 2 is 2.23 bits per heavy atom. The van der Waals surface area contributed by atoms with Crippen LogP contribution in [-0.2, 0) is 9.53 Å². The molecule has 74 valence electrons. The van der Waals surface area contributed by atoms with E-state index in [1.165, 1.54) is 6.92 Å². The Bertz CT molecular complexity index is 200. The molecule has 1 aliphatic rings. The predicted molar refractivity (Wildman–Crippen MR) is 49.4 cm³/mol. The third-order valence-corrected chi connectivity index (χ3v) is 2.83. The molecule has 0 aromatic carbocycles. The molecule has 2 unspecified atom stereocenters. The van der Waals surface area contributed by atoms with E-state index in [0.717, 1.165) is 5.75 Å². The fourth-order valence-corrected chi connectivity index (χ4v) is 2.40. The third-order valence-electron chi connectivity index (χ3n) is 1.67. The van der Waals surface area contributed by atoms with Crippen LogP contribution in [0.1, 0.15) is 6.92 Å². The van der Waals surface area contributed by atoms with Crippen LogP contribution in [0.25, 0.3) is 0 Å². The molecule has 3 N–H and O–H groups in total. The second-order valence-corrected chi connectivity index (χ2v) is 3.88. The molecule has 1 fully saturated rings. The first-order valence-corrected chi connectivity index (χ1v) is 5.06. The fourth-order valence-electron chi connectivity index (χ4n) is 1.18. The number of carbonyl (C=O) groups excluding carboxylic acids is 2. The van der Waals surface area contributed by atoms with Crippen LogP contribution < -0.4 is 11.1 Å². The van der Waals surface area contributed by atoms with E-state index in [-0.39, 0.29) is 18.1 Å². The molecule has 0 bridgehead atoms. The average Bonchev–Trinajstić information content (AvgIpc) is 2.34.